The van der Waals surface area contributed by atoms with Crippen molar-refractivity contribution in [3.8, 4) is 11.4 Å². The van der Waals surface area contributed by atoms with Gasteiger partial charge in [-0.25, -0.2) is 4.68 Å². The van der Waals surface area contributed by atoms with Gasteiger partial charge in [-0.2, -0.15) is 0 Å². The van der Waals surface area contributed by atoms with Gasteiger partial charge in [0.2, 0.25) is 0 Å². The van der Waals surface area contributed by atoms with E-state index in [0.29, 0.717) is 18.1 Å². The Kier molecular flexibility index (Phi) is 3.57. The molecule has 1 aromatic carbocycles. The predicted molar refractivity (Wildman–Crippen MR) is 63.9 cm³/mol. The molecule has 94 valence electrons. The van der Waals surface area contributed by atoms with E-state index in [1.54, 1.807) is 6.07 Å². The van der Waals surface area contributed by atoms with Gasteiger partial charge in [-0.05, 0) is 19.1 Å². The minimum atomic E-state index is -0.917. The summed E-state index contributed by atoms with van der Waals surface area (Å²) < 4.78 is 6.88. The highest BCUT2D eigenvalue weighted by Gasteiger charge is 2.10. The molecule has 2 rings (SSSR count). The molecule has 1 heterocycles. The lowest BCUT2D eigenvalue weighted by Gasteiger charge is -2.07. The van der Waals surface area contributed by atoms with Crippen LogP contribution in [0.15, 0.2) is 30.5 Å². The summed E-state index contributed by atoms with van der Waals surface area (Å²) in [4.78, 5) is 10.7. The van der Waals surface area contributed by atoms with Crippen molar-refractivity contribution >= 4 is 5.97 Å². The van der Waals surface area contributed by atoms with Crippen LogP contribution in [-0.4, -0.2) is 32.7 Å². The molecule has 0 saturated heterocycles. The van der Waals surface area contributed by atoms with Crippen LogP contribution in [-0.2, 0) is 11.2 Å². The van der Waals surface area contributed by atoms with Crippen molar-refractivity contribution in [2.24, 2.45) is 0 Å². The van der Waals surface area contributed by atoms with E-state index in [4.69, 9.17) is 9.84 Å². The third-order valence-corrected chi connectivity index (χ3v) is 2.33. The minimum Gasteiger partial charge on any atom is -0.494 e. The molecule has 0 saturated carbocycles. The first kappa shape index (κ1) is 12.1. The Balaban J connectivity index is 2.33. The van der Waals surface area contributed by atoms with Gasteiger partial charge in [-0.1, -0.05) is 11.3 Å². The Morgan fingerprint density at radius 1 is 1.50 bits per heavy atom. The second kappa shape index (κ2) is 5.31. The third-order valence-electron chi connectivity index (χ3n) is 2.33. The second-order valence-corrected chi connectivity index (χ2v) is 3.64. The van der Waals surface area contributed by atoms with Gasteiger partial charge in [0.1, 0.15) is 5.75 Å². The van der Waals surface area contributed by atoms with Crippen LogP contribution in [0, 0.1) is 0 Å². The average molecular weight is 247 g/mol. The van der Waals surface area contributed by atoms with Crippen LogP contribution < -0.4 is 4.74 Å². The molecule has 0 unspecified atom stereocenters. The van der Waals surface area contributed by atoms with E-state index in [1.807, 2.05) is 25.1 Å². The highest BCUT2D eigenvalue weighted by Crippen LogP contribution is 2.17. The summed E-state index contributed by atoms with van der Waals surface area (Å²) in [6.07, 6.45) is 1.33. The average Bonchev–Trinajstić information content (AvgIpc) is 2.77. The smallest absolute Gasteiger partial charge is 0.309 e. The maximum Gasteiger partial charge on any atom is 0.309 e. The van der Waals surface area contributed by atoms with Crippen molar-refractivity contribution in [2.75, 3.05) is 6.61 Å². The molecule has 1 N–H and O–H groups in total. The van der Waals surface area contributed by atoms with Gasteiger partial charge >= 0.3 is 5.97 Å². The van der Waals surface area contributed by atoms with Gasteiger partial charge < -0.3 is 9.84 Å². The molecule has 0 bridgehead atoms. The summed E-state index contributed by atoms with van der Waals surface area (Å²) in [5, 5.41) is 16.4. The largest absolute Gasteiger partial charge is 0.494 e. The summed E-state index contributed by atoms with van der Waals surface area (Å²) in [5.41, 5.74) is 1.26. The van der Waals surface area contributed by atoms with E-state index in [9.17, 15) is 4.79 Å². The standard InChI is InChI=1S/C12H13N3O3/c1-2-18-11-5-3-4-9(6-11)15-10(7-12(16)17)8-13-14-15/h3-6,8H,2,7H2,1H3,(H,16,17). The lowest BCUT2D eigenvalue weighted by atomic mass is 10.2. The van der Waals surface area contributed by atoms with Crippen LogP contribution in [0.2, 0.25) is 0 Å². The fourth-order valence-corrected chi connectivity index (χ4v) is 1.62. The Bertz CT molecular complexity index is 551. The normalized spacial score (nSPS) is 10.3. The number of aromatic nitrogens is 3. The molecule has 0 amide bonds. The van der Waals surface area contributed by atoms with E-state index < -0.39 is 5.97 Å². The number of aliphatic carboxylic acids is 1. The first-order valence-corrected chi connectivity index (χ1v) is 5.55. The summed E-state index contributed by atoms with van der Waals surface area (Å²) in [6, 6.07) is 7.28. The van der Waals surface area contributed by atoms with Crippen LogP contribution in [0.4, 0.5) is 0 Å². The predicted octanol–water partition coefficient (Wildman–Crippen LogP) is 1.29. The molecule has 0 radical (unpaired) electrons. The quantitative estimate of drug-likeness (QED) is 0.861. The van der Waals surface area contributed by atoms with Crippen LogP contribution in [0.25, 0.3) is 5.69 Å². The lowest BCUT2D eigenvalue weighted by molar-refractivity contribution is -0.136. The zero-order valence-electron chi connectivity index (χ0n) is 9.91. The molecule has 2 aromatic rings. The molecule has 18 heavy (non-hydrogen) atoms. The minimum absolute atomic E-state index is 0.119. The van der Waals surface area contributed by atoms with Crippen molar-refractivity contribution < 1.29 is 14.6 Å². The van der Waals surface area contributed by atoms with Crippen LogP contribution in [0.5, 0.6) is 5.75 Å². The number of carboxylic acid groups (broad SMARTS) is 1. The van der Waals surface area contributed by atoms with Gasteiger partial charge in [0.25, 0.3) is 0 Å². The van der Waals surface area contributed by atoms with E-state index >= 15 is 0 Å². The molecule has 1 aromatic heterocycles. The number of hydrogen-bond acceptors (Lipinski definition) is 4. The summed E-state index contributed by atoms with van der Waals surface area (Å²) in [5.74, 6) is -0.203. The van der Waals surface area contributed by atoms with Crippen molar-refractivity contribution in [1.82, 2.24) is 15.0 Å². The number of hydrogen-bond donors (Lipinski definition) is 1. The summed E-state index contributed by atoms with van der Waals surface area (Å²) in [7, 11) is 0. The Hall–Kier alpha value is -2.37. The number of rotatable bonds is 5. The van der Waals surface area contributed by atoms with Crippen LogP contribution in [0.3, 0.4) is 0 Å². The Morgan fingerprint density at radius 3 is 3.06 bits per heavy atom. The third kappa shape index (κ3) is 2.65. The molecule has 0 aliphatic heterocycles. The molecule has 0 aliphatic rings. The van der Waals surface area contributed by atoms with E-state index in [1.165, 1.54) is 10.9 Å². The van der Waals surface area contributed by atoms with Gasteiger partial charge in [0, 0.05) is 6.07 Å². The topological polar surface area (TPSA) is 77.2 Å². The molecular weight excluding hydrogens is 234 g/mol. The maximum absolute atomic E-state index is 10.7. The zero-order chi connectivity index (χ0) is 13.0. The lowest BCUT2D eigenvalue weighted by Crippen LogP contribution is -2.08. The molecule has 6 heteroatoms. The van der Waals surface area contributed by atoms with Gasteiger partial charge in [0.05, 0.1) is 30.6 Å². The number of carbonyl (C=O) groups is 1. The van der Waals surface area contributed by atoms with Gasteiger partial charge in [-0.3, -0.25) is 4.79 Å². The Morgan fingerprint density at radius 2 is 2.33 bits per heavy atom. The van der Waals surface area contributed by atoms with Gasteiger partial charge in [0.15, 0.2) is 0 Å². The SMILES string of the molecule is CCOc1cccc(-n2nncc2CC(=O)O)c1. The molecule has 0 aliphatic carbocycles. The molecular formula is C12H13N3O3. The van der Waals surface area contributed by atoms with Crippen LogP contribution >= 0.6 is 0 Å². The first-order valence-electron chi connectivity index (χ1n) is 5.55. The highest BCUT2D eigenvalue weighted by atomic mass is 16.5. The van der Waals surface area contributed by atoms with Crippen molar-refractivity contribution in [2.45, 2.75) is 13.3 Å². The molecule has 6 nitrogen and oxygen atoms in total. The number of benzene rings is 1. The summed E-state index contributed by atoms with van der Waals surface area (Å²) in [6.45, 7) is 2.47. The molecule has 0 atom stereocenters. The van der Waals surface area contributed by atoms with Crippen LogP contribution in [0.1, 0.15) is 12.6 Å². The van der Waals surface area contributed by atoms with Gasteiger partial charge in [-0.15, -0.1) is 5.10 Å². The fourth-order valence-electron chi connectivity index (χ4n) is 1.62. The van der Waals surface area contributed by atoms with Crippen molar-refractivity contribution in [3.05, 3.63) is 36.2 Å². The van der Waals surface area contributed by atoms with Crippen molar-refractivity contribution in [3.63, 3.8) is 0 Å². The number of carboxylic acids is 1. The monoisotopic (exact) mass is 247 g/mol. The number of ether oxygens (including phenoxy) is 1. The highest BCUT2D eigenvalue weighted by molar-refractivity contribution is 5.69. The van der Waals surface area contributed by atoms with E-state index in [0.717, 1.165) is 5.69 Å². The first-order chi connectivity index (χ1) is 8.70. The Labute approximate surface area is 104 Å². The molecule has 0 fully saturated rings. The van der Waals surface area contributed by atoms with E-state index in [-0.39, 0.29) is 6.42 Å². The molecule has 0 spiro atoms. The second-order valence-electron chi connectivity index (χ2n) is 3.64. The number of nitrogens with zero attached hydrogens (tertiary/aromatic N) is 3. The zero-order valence-corrected chi connectivity index (χ0v) is 9.91. The van der Waals surface area contributed by atoms with Crippen molar-refractivity contribution in [1.29, 1.82) is 0 Å². The van der Waals surface area contributed by atoms with E-state index in [2.05, 4.69) is 10.3 Å². The fraction of sp³-hybridized carbons (Fsp3) is 0.250. The maximum atomic E-state index is 10.7. The summed E-state index contributed by atoms with van der Waals surface area (Å²) >= 11 is 0.